The molecule has 5 aromatic heterocycles. The third-order valence-corrected chi connectivity index (χ3v) is 14.0. The first-order valence-corrected chi connectivity index (χ1v) is 23.5. The lowest BCUT2D eigenvalue weighted by atomic mass is 10.00. The summed E-state index contributed by atoms with van der Waals surface area (Å²) in [4.78, 5) is 15.0. The summed E-state index contributed by atoms with van der Waals surface area (Å²) in [6.07, 6.45) is 0. The number of para-hydroxylation sites is 4. The topological polar surface area (TPSA) is 74.8 Å². The molecule has 10 aromatic carbocycles. The minimum Gasteiger partial charge on any atom is -0.456 e. The maximum Gasteiger partial charge on any atom is 0.164 e. The molecule has 0 unspecified atom stereocenters. The van der Waals surface area contributed by atoms with E-state index in [1.165, 1.54) is 16.2 Å². The maximum atomic E-state index is 7.13. The van der Waals surface area contributed by atoms with Crippen LogP contribution in [0.4, 0.5) is 0 Å². The van der Waals surface area contributed by atoms with E-state index in [4.69, 9.17) is 23.8 Å². The second-order valence-electron chi connectivity index (χ2n) is 17.9. The molecule has 5 heterocycles. The molecule has 0 aliphatic carbocycles. The zero-order chi connectivity index (χ0) is 45.9. The zero-order valence-corrected chi connectivity index (χ0v) is 37.4. The van der Waals surface area contributed by atoms with Crippen LogP contribution in [-0.4, -0.2) is 24.1 Å². The molecule has 15 rings (SSSR count). The fourth-order valence-electron chi connectivity index (χ4n) is 10.8. The Balaban J connectivity index is 0.877. The van der Waals surface area contributed by atoms with Gasteiger partial charge in [-0.2, -0.15) is 0 Å². The monoisotopic (exact) mass is 895 g/mol. The Labute approximate surface area is 399 Å². The minimum absolute atomic E-state index is 0.597. The Bertz CT molecular complexity index is 4530. The number of hydrogen-bond donors (Lipinski definition) is 0. The summed E-state index contributed by atoms with van der Waals surface area (Å²) in [6.45, 7) is 0. The lowest BCUT2D eigenvalue weighted by molar-refractivity contribution is 0.669. The molecule has 0 N–H and O–H groups in total. The standard InChI is InChI=1S/C63H37N5O2/c1-4-15-38(16-5-1)61-64-62(39-17-6-2-7-18-39)66-63(65-61)41-28-33-56-51(36-41)52-37-43(29-34-57(52)69-56)67-53-25-12-11-22-46(53)50-35-40(27-32-55(50)67)44-23-14-24-48-49-31-30-47-45-21-10-13-26-54(45)68(42-19-8-3-9-20-42)58(47)60(49)70-59(44)48/h1-37H. The van der Waals surface area contributed by atoms with E-state index < -0.39 is 0 Å². The van der Waals surface area contributed by atoms with Crippen molar-refractivity contribution in [1.29, 1.82) is 0 Å². The predicted octanol–water partition coefficient (Wildman–Crippen LogP) is 16.5. The Kier molecular flexibility index (Phi) is 8.23. The van der Waals surface area contributed by atoms with Gasteiger partial charge in [-0.15, -0.1) is 0 Å². The van der Waals surface area contributed by atoms with Gasteiger partial charge in [0.2, 0.25) is 0 Å². The number of nitrogens with zero attached hydrogens (tertiary/aromatic N) is 5. The van der Waals surface area contributed by atoms with Crippen molar-refractivity contribution in [2.75, 3.05) is 0 Å². The van der Waals surface area contributed by atoms with Gasteiger partial charge in [0.05, 0.1) is 22.1 Å². The van der Waals surface area contributed by atoms with E-state index in [-0.39, 0.29) is 0 Å². The predicted molar refractivity (Wildman–Crippen MR) is 285 cm³/mol. The molecule has 0 fully saturated rings. The number of furan rings is 2. The number of rotatable bonds is 6. The average molecular weight is 896 g/mol. The van der Waals surface area contributed by atoms with Crippen molar-refractivity contribution in [2.45, 2.75) is 0 Å². The molecule has 0 spiro atoms. The third-order valence-electron chi connectivity index (χ3n) is 14.0. The average Bonchev–Trinajstić information content (AvgIpc) is 4.19. The highest BCUT2D eigenvalue weighted by atomic mass is 16.3. The molecule has 0 radical (unpaired) electrons. The summed E-state index contributed by atoms with van der Waals surface area (Å²) in [5.41, 5.74) is 14.8. The molecule has 0 atom stereocenters. The third kappa shape index (κ3) is 5.79. The van der Waals surface area contributed by atoms with Crippen molar-refractivity contribution in [3.63, 3.8) is 0 Å². The number of hydrogen-bond acceptors (Lipinski definition) is 5. The van der Waals surface area contributed by atoms with Gasteiger partial charge >= 0.3 is 0 Å². The first-order valence-electron chi connectivity index (χ1n) is 23.5. The molecule has 0 aliphatic rings. The summed E-state index contributed by atoms with van der Waals surface area (Å²) < 4.78 is 18.3. The molecular weight excluding hydrogens is 859 g/mol. The van der Waals surface area contributed by atoms with Crippen LogP contribution in [0.5, 0.6) is 0 Å². The van der Waals surface area contributed by atoms with Gasteiger partial charge in [-0.3, -0.25) is 0 Å². The van der Waals surface area contributed by atoms with Crippen LogP contribution < -0.4 is 0 Å². The second-order valence-corrected chi connectivity index (χ2v) is 17.9. The molecule has 0 aliphatic heterocycles. The van der Waals surface area contributed by atoms with E-state index in [0.29, 0.717) is 17.5 Å². The molecule has 326 valence electrons. The zero-order valence-electron chi connectivity index (χ0n) is 37.4. The van der Waals surface area contributed by atoms with Gasteiger partial charge in [0.25, 0.3) is 0 Å². The largest absolute Gasteiger partial charge is 0.456 e. The molecule has 15 aromatic rings. The highest BCUT2D eigenvalue weighted by molar-refractivity contribution is 6.23. The SMILES string of the molecule is c1ccc(-c2nc(-c3ccccc3)nc(-c3ccc4oc5ccc(-n6c7ccccc7c7cc(-c8cccc9c8oc8c9ccc9c%10ccccc%10n(-c%10ccccc%10)c98)ccc76)cc5c4c3)n2)cc1. The minimum atomic E-state index is 0.597. The molecule has 70 heavy (non-hydrogen) atoms. The van der Waals surface area contributed by atoms with Crippen molar-refractivity contribution in [1.82, 2.24) is 24.1 Å². The molecule has 0 saturated carbocycles. The van der Waals surface area contributed by atoms with Crippen LogP contribution >= 0.6 is 0 Å². The quantitative estimate of drug-likeness (QED) is 0.166. The smallest absolute Gasteiger partial charge is 0.164 e. The van der Waals surface area contributed by atoms with E-state index in [1.54, 1.807) is 0 Å². The van der Waals surface area contributed by atoms with Crippen molar-refractivity contribution < 1.29 is 8.83 Å². The van der Waals surface area contributed by atoms with Crippen molar-refractivity contribution in [3.05, 3.63) is 224 Å². The first-order chi connectivity index (χ1) is 34.7. The number of fused-ring (bicyclic) bond motifs is 13. The maximum absolute atomic E-state index is 7.13. The van der Waals surface area contributed by atoms with Gasteiger partial charge in [0.15, 0.2) is 23.1 Å². The summed E-state index contributed by atoms with van der Waals surface area (Å²) in [7, 11) is 0. The van der Waals surface area contributed by atoms with Gasteiger partial charge in [-0.05, 0) is 84.4 Å². The number of benzene rings is 10. The fraction of sp³-hybridized carbons (Fsp3) is 0. The summed E-state index contributed by atoms with van der Waals surface area (Å²) in [5.74, 6) is 1.84. The lowest BCUT2D eigenvalue weighted by Gasteiger charge is -2.09. The van der Waals surface area contributed by atoms with Crippen LogP contribution in [-0.2, 0) is 0 Å². The van der Waals surface area contributed by atoms with E-state index in [0.717, 1.165) is 111 Å². The molecule has 0 bridgehead atoms. The van der Waals surface area contributed by atoms with Gasteiger partial charge < -0.3 is 18.0 Å². The van der Waals surface area contributed by atoms with E-state index in [2.05, 4.69) is 161 Å². The Morgan fingerprint density at radius 2 is 0.814 bits per heavy atom. The van der Waals surface area contributed by atoms with Crippen LogP contribution in [0, 0.1) is 0 Å². The van der Waals surface area contributed by atoms with Gasteiger partial charge in [0, 0.05) is 76.7 Å². The molecule has 7 heteroatoms. The van der Waals surface area contributed by atoms with Crippen LogP contribution in [0.15, 0.2) is 233 Å². The van der Waals surface area contributed by atoms with Crippen LogP contribution in [0.3, 0.4) is 0 Å². The van der Waals surface area contributed by atoms with E-state index in [1.807, 2.05) is 72.8 Å². The number of aromatic nitrogens is 5. The highest BCUT2D eigenvalue weighted by Crippen LogP contribution is 2.44. The normalized spacial score (nSPS) is 12.0. The van der Waals surface area contributed by atoms with Crippen molar-refractivity contribution in [2.24, 2.45) is 0 Å². The van der Waals surface area contributed by atoms with Gasteiger partial charge in [-0.25, -0.2) is 15.0 Å². The lowest BCUT2D eigenvalue weighted by Crippen LogP contribution is -2.00. The molecule has 7 nitrogen and oxygen atoms in total. The summed E-state index contributed by atoms with van der Waals surface area (Å²) in [6, 6.07) is 78.5. The van der Waals surface area contributed by atoms with Crippen molar-refractivity contribution >= 4 is 87.5 Å². The molecular formula is C63H37N5O2. The van der Waals surface area contributed by atoms with Gasteiger partial charge in [0.1, 0.15) is 16.7 Å². The second kappa shape index (κ2) is 15.0. The summed E-state index contributed by atoms with van der Waals surface area (Å²) in [5, 5.41) is 8.88. The Morgan fingerprint density at radius 1 is 0.286 bits per heavy atom. The fourth-order valence-corrected chi connectivity index (χ4v) is 10.8. The van der Waals surface area contributed by atoms with E-state index >= 15 is 0 Å². The first kappa shape index (κ1) is 38.5. The highest BCUT2D eigenvalue weighted by Gasteiger charge is 2.22. The van der Waals surface area contributed by atoms with E-state index in [9.17, 15) is 0 Å². The van der Waals surface area contributed by atoms with Gasteiger partial charge in [-0.1, -0.05) is 146 Å². The van der Waals surface area contributed by atoms with Crippen LogP contribution in [0.2, 0.25) is 0 Å². The molecule has 0 amide bonds. The Morgan fingerprint density at radius 3 is 1.54 bits per heavy atom. The van der Waals surface area contributed by atoms with Crippen LogP contribution in [0.1, 0.15) is 0 Å². The summed E-state index contributed by atoms with van der Waals surface area (Å²) >= 11 is 0. The Hall–Kier alpha value is -9.59. The molecule has 0 saturated heterocycles. The van der Waals surface area contributed by atoms with Crippen molar-refractivity contribution in [3.8, 4) is 56.7 Å². The van der Waals surface area contributed by atoms with Crippen LogP contribution in [0.25, 0.3) is 144 Å².